The number of nitrogens with zero attached hydrogens (tertiary/aromatic N) is 1. The van der Waals surface area contributed by atoms with Crippen LogP contribution in [0.3, 0.4) is 0 Å². The first kappa shape index (κ1) is 6.72. The Bertz CT molecular complexity index is 87.7. The maximum absolute atomic E-state index is 5.10. The Labute approximate surface area is 47.6 Å². The summed E-state index contributed by atoms with van der Waals surface area (Å²) in [5, 5.41) is 5.92. The van der Waals surface area contributed by atoms with E-state index < -0.39 is 0 Å². The quantitative estimate of drug-likeness (QED) is 0.317. The maximum atomic E-state index is 5.10. The summed E-state index contributed by atoms with van der Waals surface area (Å²) in [5.74, 6) is 0. The Hall–Kier alpha value is -0.280. The summed E-state index contributed by atoms with van der Waals surface area (Å²) in [6.45, 7) is 5.22. The van der Waals surface area contributed by atoms with E-state index in [0.29, 0.717) is 0 Å². The molecular weight excluding hydrogens is 108 g/mol. The minimum atomic E-state index is 0.829. The van der Waals surface area contributed by atoms with Crippen LogP contribution in [-0.4, -0.2) is 5.04 Å². The molecular formula is C4H8N2S. The molecule has 0 fully saturated rings. The molecule has 0 amide bonds. The lowest BCUT2D eigenvalue weighted by molar-refractivity contribution is 1.59. The summed E-state index contributed by atoms with van der Waals surface area (Å²) in [7, 11) is 0. The lowest BCUT2D eigenvalue weighted by atomic mass is 10.8. The van der Waals surface area contributed by atoms with Crippen molar-refractivity contribution in [2.75, 3.05) is 0 Å². The molecule has 0 heterocycles. The van der Waals surface area contributed by atoms with Crippen molar-refractivity contribution in [3.05, 3.63) is 12.8 Å². The molecule has 7 heavy (non-hydrogen) atoms. The summed E-state index contributed by atoms with van der Waals surface area (Å²) >= 11 is 1.13. The highest BCUT2D eigenvalue weighted by atomic mass is 32.2. The molecule has 40 valence electrons. The van der Waals surface area contributed by atoms with Gasteiger partial charge in [-0.3, -0.25) is 10.1 Å². The molecule has 0 saturated carbocycles. The molecule has 0 radical (unpaired) electrons. The Morgan fingerprint density at radius 2 is 2.57 bits per heavy atom. The number of hydrogen-bond acceptors (Lipinski definition) is 3. The second kappa shape index (κ2) is 3.89. The van der Waals surface area contributed by atoms with E-state index in [-0.39, 0.29) is 0 Å². The van der Waals surface area contributed by atoms with E-state index in [2.05, 4.69) is 11.6 Å². The molecule has 0 aromatic heterocycles. The zero-order valence-electron chi connectivity index (χ0n) is 4.22. The topological polar surface area (TPSA) is 38.4 Å². The fourth-order valence-corrected chi connectivity index (χ4v) is 0.294. The molecule has 0 aromatic rings. The fraction of sp³-hybridized carbons (Fsp3) is 0.250. The second-order valence-corrected chi connectivity index (χ2v) is 1.78. The summed E-state index contributed by atoms with van der Waals surface area (Å²) < 4.78 is 0. The zero-order chi connectivity index (χ0) is 5.70. The van der Waals surface area contributed by atoms with Gasteiger partial charge in [0, 0.05) is 6.20 Å². The van der Waals surface area contributed by atoms with Gasteiger partial charge in [0.15, 0.2) is 0 Å². The summed E-state index contributed by atoms with van der Waals surface area (Å²) in [6, 6.07) is 0. The van der Waals surface area contributed by atoms with Crippen molar-refractivity contribution in [1.29, 1.82) is 0 Å². The third-order valence-electron chi connectivity index (χ3n) is 0.444. The van der Waals surface area contributed by atoms with E-state index in [9.17, 15) is 0 Å². The minimum Gasteiger partial charge on any atom is -0.273 e. The van der Waals surface area contributed by atoms with E-state index in [1.54, 1.807) is 0 Å². The van der Waals surface area contributed by atoms with E-state index in [1.807, 2.05) is 6.92 Å². The Morgan fingerprint density at radius 3 is 2.71 bits per heavy atom. The number of nitrogens with two attached hydrogens (primary N) is 1. The van der Waals surface area contributed by atoms with Crippen LogP contribution in [0, 0.1) is 0 Å². The summed E-state index contributed by atoms with van der Waals surface area (Å²) in [4.78, 5) is 3.76. The van der Waals surface area contributed by atoms with Crippen molar-refractivity contribution in [3.63, 3.8) is 0 Å². The molecule has 0 aliphatic carbocycles. The number of rotatable bonds is 1. The predicted octanol–water partition coefficient (Wildman–Crippen LogP) is 1.16. The van der Waals surface area contributed by atoms with Crippen LogP contribution in [0.5, 0.6) is 0 Å². The van der Waals surface area contributed by atoms with Gasteiger partial charge in [-0.1, -0.05) is 6.58 Å². The van der Waals surface area contributed by atoms with Gasteiger partial charge in [0.2, 0.25) is 0 Å². The Kier molecular flexibility index (Phi) is 3.74. The average molecular weight is 116 g/mol. The molecule has 0 atom stereocenters. The highest BCUT2D eigenvalue weighted by Gasteiger charge is 1.78. The molecule has 0 aromatic carbocycles. The molecule has 0 spiro atoms. The second-order valence-electron chi connectivity index (χ2n) is 0.949. The Morgan fingerprint density at radius 1 is 2.00 bits per heavy atom. The van der Waals surface area contributed by atoms with Gasteiger partial charge in [-0.2, -0.15) is 0 Å². The minimum absolute atomic E-state index is 0.829. The third-order valence-corrected chi connectivity index (χ3v) is 0.890. The van der Waals surface area contributed by atoms with Crippen LogP contribution in [0.25, 0.3) is 0 Å². The van der Waals surface area contributed by atoms with Gasteiger partial charge in [0.25, 0.3) is 0 Å². The third kappa shape index (κ3) is 3.55. The van der Waals surface area contributed by atoms with Gasteiger partial charge in [0.05, 0.1) is 5.04 Å². The first-order chi connectivity index (χ1) is 3.31. The van der Waals surface area contributed by atoms with Gasteiger partial charge < -0.3 is 0 Å². The highest BCUT2D eigenvalue weighted by Crippen LogP contribution is 1.90. The van der Waals surface area contributed by atoms with Crippen molar-refractivity contribution >= 4 is 17.0 Å². The van der Waals surface area contributed by atoms with Gasteiger partial charge in [0.1, 0.15) is 0 Å². The predicted molar refractivity (Wildman–Crippen MR) is 35.1 cm³/mol. The molecule has 0 aliphatic heterocycles. The van der Waals surface area contributed by atoms with Crippen LogP contribution >= 0.6 is 11.9 Å². The first-order valence-corrected chi connectivity index (χ1v) is 2.71. The molecule has 0 bridgehead atoms. The molecule has 2 nitrogen and oxygen atoms in total. The van der Waals surface area contributed by atoms with E-state index >= 15 is 0 Å². The lowest BCUT2D eigenvalue weighted by Crippen LogP contribution is -1.86. The lowest BCUT2D eigenvalue weighted by Gasteiger charge is -1.84. The van der Waals surface area contributed by atoms with Gasteiger partial charge in [-0.15, -0.1) is 0 Å². The van der Waals surface area contributed by atoms with E-state index in [1.165, 1.54) is 6.20 Å². The van der Waals surface area contributed by atoms with E-state index in [0.717, 1.165) is 17.0 Å². The fourth-order valence-electron chi connectivity index (χ4n) is 0.159. The normalized spacial score (nSPS) is 11.4. The number of aliphatic imine (C=N–C) groups is 1. The molecule has 2 N–H and O–H groups in total. The van der Waals surface area contributed by atoms with Crippen LogP contribution in [0.2, 0.25) is 0 Å². The highest BCUT2D eigenvalue weighted by molar-refractivity contribution is 8.11. The summed E-state index contributed by atoms with van der Waals surface area (Å²) in [5.41, 5.74) is 0. The van der Waals surface area contributed by atoms with Crippen LogP contribution in [-0.2, 0) is 0 Å². The molecule has 0 saturated heterocycles. The van der Waals surface area contributed by atoms with Crippen molar-refractivity contribution in [2.45, 2.75) is 6.92 Å². The van der Waals surface area contributed by atoms with Gasteiger partial charge in [-0.05, 0) is 18.9 Å². The monoisotopic (exact) mass is 116 g/mol. The zero-order valence-corrected chi connectivity index (χ0v) is 5.03. The Balaban J connectivity index is 3.49. The first-order valence-electron chi connectivity index (χ1n) is 1.83. The van der Waals surface area contributed by atoms with Crippen LogP contribution in [0.4, 0.5) is 0 Å². The van der Waals surface area contributed by atoms with Crippen molar-refractivity contribution < 1.29 is 0 Å². The SMILES string of the molecule is C=CN=C(C)SN. The molecule has 0 unspecified atom stereocenters. The number of hydrogen-bond donors (Lipinski definition) is 1. The maximum Gasteiger partial charge on any atom is 0.0848 e. The van der Waals surface area contributed by atoms with Crippen molar-refractivity contribution in [3.8, 4) is 0 Å². The van der Waals surface area contributed by atoms with Crippen molar-refractivity contribution in [1.82, 2.24) is 0 Å². The average Bonchev–Trinajstić information content (AvgIpc) is 1.68. The molecule has 0 aliphatic rings. The van der Waals surface area contributed by atoms with Crippen molar-refractivity contribution in [2.24, 2.45) is 10.1 Å². The smallest absolute Gasteiger partial charge is 0.0848 e. The standard InChI is InChI=1S/C4H8N2S/c1-3-6-4(2)7-5/h3H,1,5H2,2H3. The molecule has 0 rings (SSSR count). The van der Waals surface area contributed by atoms with Crippen LogP contribution in [0.1, 0.15) is 6.92 Å². The molecule has 3 heteroatoms. The van der Waals surface area contributed by atoms with Crippen LogP contribution < -0.4 is 5.14 Å². The largest absolute Gasteiger partial charge is 0.273 e. The van der Waals surface area contributed by atoms with Gasteiger partial charge >= 0.3 is 0 Å². The van der Waals surface area contributed by atoms with E-state index in [4.69, 9.17) is 5.14 Å². The van der Waals surface area contributed by atoms with Crippen LogP contribution in [0.15, 0.2) is 17.8 Å². The summed E-state index contributed by atoms with van der Waals surface area (Å²) in [6.07, 6.45) is 1.47. The van der Waals surface area contributed by atoms with Gasteiger partial charge in [-0.25, -0.2) is 0 Å².